The van der Waals surface area contributed by atoms with Crippen molar-refractivity contribution in [2.45, 2.75) is 73.6 Å². The summed E-state index contributed by atoms with van der Waals surface area (Å²) in [4.78, 5) is 22.3. The largest absolute Gasteiger partial charge is 0.510 e. The van der Waals surface area contributed by atoms with E-state index in [1.807, 2.05) is 13.8 Å². The van der Waals surface area contributed by atoms with Crippen LogP contribution >= 0.6 is 7.82 Å². The van der Waals surface area contributed by atoms with Gasteiger partial charge in [0.2, 0.25) is 12.6 Å². The summed E-state index contributed by atoms with van der Waals surface area (Å²) in [6.45, 7) is 12.7. The van der Waals surface area contributed by atoms with Gasteiger partial charge in [0.1, 0.15) is 0 Å². The van der Waals surface area contributed by atoms with Crippen molar-refractivity contribution in [2.75, 3.05) is 6.61 Å². The van der Waals surface area contributed by atoms with Crippen molar-refractivity contribution in [3.63, 3.8) is 0 Å². The van der Waals surface area contributed by atoms with Gasteiger partial charge >= 0.3 is 19.9 Å². The molecule has 0 heterocycles. The normalized spacial score (nSPS) is 16.7. The van der Waals surface area contributed by atoms with E-state index >= 15 is 0 Å². The van der Waals surface area contributed by atoms with E-state index in [4.69, 9.17) is 23.0 Å². The fraction of sp³-hybridized carbons (Fsp3) is 0.867. The fourth-order valence-electron chi connectivity index (χ4n) is 1.39. The number of carbonyl (C=O) groups is 2. The van der Waals surface area contributed by atoms with Crippen molar-refractivity contribution in [3.8, 4) is 0 Å². The lowest BCUT2D eigenvalue weighted by atomic mass is 9.95. The maximum absolute atomic E-state index is 13.0. The predicted octanol–water partition coefficient (Wildman–Crippen LogP) is 4.01. The predicted molar refractivity (Wildman–Crippen MR) is 88.6 cm³/mol. The molecule has 9 nitrogen and oxygen atoms in total. The van der Waals surface area contributed by atoms with E-state index < -0.39 is 38.1 Å². The third-order valence-electron chi connectivity index (χ3n) is 3.15. The van der Waals surface area contributed by atoms with Gasteiger partial charge in [-0.05, 0) is 40.5 Å². The molecule has 25 heavy (non-hydrogen) atoms. The summed E-state index contributed by atoms with van der Waals surface area (Å²) in [5.74, 6) is -0.670. The summed E-state index contributed by atoms with van der Waals surface area (Å²) >= 11 is 0. The number of phosphoric acid groups is 1. The molecule has 0 fully saturated rings. The first kappa shape index (κ1) is 23.9. The number of carbonyl (C=O) groups excluding carboxylic acids is 2. The molecular formula is C15H29O9P. The average Bonchev–Trinajstić information content (AvgIpc) is 2.34. The lowest BCUT2D eigenvalue weighted by Crippen LogP contribution is -2.32. The summed E-state index contributed by atoms with van der Waals surface area (Å²) in [5.41, 5.74) is -0.894. The molecule has 0 saturated heterocycles. The van der Waals surface area contributed by atoms with Crippen molar-refractivity contribution in [1.82, 2.24) is 0 Å². The maximum Gasteiger partial charge on any atom is 0.510 e. The molecule has 0 rings (SSSR count). The second-order valence-corrected chi connectivity index (χ2v) is 7.55. The molecule has 10 heteroatoms. The third-order valence-corrected chi connectivity index (χ3v) is 4.95. The SMILES string of the molecule is CCOC(=O)OC(C)OP(=O)(OC(C)OC(C)=O)OC(C)(C)C(C)C. The standard InChI is InChI=1S/C15H29O9P/c1-9-19-14(17)21-13(6)23-25(18,22-12(5)20-11(4)16)24-15(7,8)10(2)3/h10,12-13H,9H2,1-8H3. The molecule has 0 saturated carbocycles. The lowest BCUT2D eigenvalue weighted by Gasteiger charge is -2.34. The smallest absolute Gasteiger partial charge is 0.436 e. The van der Waals surface area contributed by atoms with E-state index in [9.17, 15) is 14.2 Å². The highest BCUT2D eigenvalue weighted by Gasteiger charge is 2.41. The number of esters is 1. The highest BCUT2D eigenvalue weighted by atomic mass is 31.2. The van der Waals surface area contributed by atoms with Crippen LogP contribution in [0.15, 0.2) is 0 Å². The van der Waals surface area contributed by atoms with Crippen LogP contribution in [-0.4, -0.2) is 36.9 Å². The number of hydrogen-bond acceptors (Lipinski definition) is 9. The second-order valence-electron chi connectivity index (χ2n) is 6.05. The van der Waals surface area contributed by atoms with Crippen LogP contribution in [0.2, 0.25) is 0 Å². The van der Waals surface area contributed by atoms with E-state index in [0.29, 0.717) is 0 Å². The molecule has 0 amide bonds. The third kappa shape index (κ3) is 9.79. The average molecular weight is 384 g/mol. The molecule has 148 valence electrons. The molecule has 0 aliphatic heterocycles. The van der Waals surface area contributed by atoms with Gasteiger partial charge in [-0.15, -0.1) is 0 Å². The second kappa shape index (κ2) is 10.1. The van der Waals surface area contributed by atoms with Crippen molar-refractivity contribution in [2.24, 2.45) is 5.92 Å². The van der Waals surface area contributed by atoms with Crippen molar-refractivity contribution < 1.29 is 41.9 Å². The van der Waals surface area contributed by atoms with Crippen LogP contribution in [0.3, 0.4) is 0 Å². The van der Waals surface area contributed by atoms with Crippen LogP contribution in [0.1, 0.15) is 55.4 Å². The summed E-state index contributed by atoms with van der Waals surface area (Å²) in [7, 11) is -4.25. The summed E-state index contributed by atoms with van der Waals surface area (Å²) < 4.78 is 43.1. The van der Waals surface area contributed by atoms with E-state index in [-0.39, 0.29) is 12.5 Å². The van der Waals surface area contributed by atoms with E-state index in [2.05, 4.69) is 4.74 Å². The first-order valence-corrected chi connectivity index (χ1v) is 9.45. The molecule has 0 aliphatic rings. The molecule has 0 aliphatic carbocycles. The zero-order chi connectivity index (χ0) is 19.8. The van der Waals surface area contributed by atoms with E-state index in [1.54, 1.807) is 20.8 Å². The summed E-state index contributed by atoms with van der Waals surface area (Å²) in [5, 5.41) is 0. The zero-order valence-electron chi connectivity index (χ0n) is 16.1. The Balaban J connectivity index is 5.20. The van der Waals surface area contributed by atoms with Gasteiger partial charge in [0.05, 0.1) is 12.2 Å². The Hall–Kier alpha value is -1.15. The van der Waals surface area contributed by atoms with Crippen molar-refractivity contribution in [3.05, 3.63) is 0 Å². The number of hydrogen-bond donors (Lipinski definition) is 0. The number of ether oxygens (including phenoxy) is 3. The van der Waals surface area contributed by atoms with Crippen LogP contribution in [-0.2, 0) is 37.1 Å². The lowest BCUT2D eigenvalue weighted by molar-refractivity contribution is -0.164. The van der Waals surface area contributed by atoms with Crippen LogP contribution in [0.4, 0.5) is 4.79 Å². The summed E-state index contributed by atoms with van der Waals surface area (Å²) in [6.07, 6.45) is -3.46. The van der Waals surface area contributed by atoms with Gasteiger partial charge in [-0.3, -0.25) is 9.32 Å². The number of rotatable bonds is 10. The minimum atomic E-state index is -4.25. The van der Waals surface area contributed by atoms with Crippen LogP contribution in [0.25, 0.3) is 0 Å². The summed E-state index contributed by atoms with van der Waals surface area (Å²) in [6, 6.07) is 0. The van der Waals surface area contributed by atoms with E-state index in [1.165, 1.54) is 20.8 Å². The quantitative estimate of drug-likeness (QED) is 0.314. The van der Waals surface area contributed by atoms with Crippen molar-refractivity contribution >= 4 is 19.9 Å². The molecule has 0 spiro atoms. The Morgan fingerprint density at radius 2 is 1.48 bits per heavy atom. The van der Waals surface area contributed by atoms with Crippen LogP contribution < -0.4 is 0 Å². The molecule has 0 aromatic carbocycles. The topological polar surface area (TPSA) is 107 Å². The van der Waals surface area contributed by atoms with E-state index in [0.717, 1.165) is 0 Å². The molecule has 3 unspecified atom stereocenters. The Bertz CT molecular complexity index is 489. The maximum atomic E-state index is 13.0. The highest BCUT2D eigenvalue weighted by Crippen LogP contribution is 2.55. The minimum absolute atomic E-state index is 0.0432. The van der Waals surface area contributed by atoms with Crippen LogP contribution in [0.5, 0.6) is 0 Å². The van der Waals surface area contributed by atoms with Gasteiger partial charge in [-0.25, -0.2) is 18.4 Å². The minimum Gasteiger partial charge on any atom is -0.436 e. The molecule has 0 aromatic heterocycles. The molecule has 3 atom stereocenters. The van der Waals surface area contributed by atoms with Gasteiger partial charge in [-0.1, -0.05) is 13.8 Å². The zero-order valence-corrected chi connectivity index (χ0v) is 17.0. The van der Waals surface area contributed by atoms with Crippen molar-refractivity contribution in [1.29, 1.82) is 0 Å². The fourth-order valence-corrected chi connectivity index (χ4v) is 3.13. The number of phosphoric ester groups is 1. The Kier molecular flexibility index (Phi) is 9.64. The first-order valence-electron chi connectivity index (χ1n) is 7.99. The molecular weight excluding hydrogens is 355 g/mol. The van der Waals surface area contributed by atoms with Gasteiger partial charge in [0.15, 0.2) is 0 Å². The Morgan fingerprint density at radius 1 is 1.00 bits per heavy atom. The van der Waals surface area contributed by atoms with Crippen LogP contribution in [0, 0.1) is 5.92 Å². The first-order chi connectivity index (χ1) is 11.3. The Morgan fingerprint density at radius 3 is 1.88 bits per heavy atom. The molecule has 0 bridgehead atoms. The van der Waals surface area contributed by atoms with Gasteiger partial charge in [-0.2, -0.15) is 0 Å². The van der Waals surface area contributed by atoms with Gasteiger partial charge in [0, 0.05) is 6.92 Å². The van der Waals surface area contributed by atoms with Gasteiger partial charge < -0.3 is 14.2 Å². The Labute approximate surface area is 148 Å². The van der Waals surface area contributed by atoms with Gasteiger partial charge in [0.25, 0.3) is 0 Å². The molecule has 0 radical (unpaired) electrons. The highest BCUT2D eigenvalue weighted by molar-refractivity contribution is 7.48. The monoisotopic (exact) mass is 384 g/mol. The molecule has 0 aromatic rings. The molecule has 0 N–H and O–H groups in total.